The van der Waals surface area contributed by atoms with Gasteiger partial charge in [-0.2, -0.15) is 0 Å². The molecule has 0 spiro atoms. The topological polar surface area (TPSA) is 57.0 Å². The minimum Gasteiger partial charge on any atom is -0.493 e. The van der Waals surface area contributed by atoms with Crippen LogP contribution in [0.15, 0.2) is 18.2 Å². The molecule has 0 aromatic heterocycles. The van der Waals surface area contributed by atoms with Gasteiger partial charge in [0.2, 0.25) is 0 Å². The molecule has 1 aliphatic heterocycles. The molecular formula is C15H24N2O3. The van der Waals surface area contributed by atoms with Crippen molar-refractivity contribution in [3.05, 3.63) is 23.8 Å². The first-order chi connectivity index (χ1) is 9.70. The molecule has 0 saturated carbocycles. The van der Waals surface area contributed by atoms with E-state index in [0.717, 1.165) is 49.9 Å². The summed E-state index contributed by atoms with van der Waals surface area (Å²) >= 11 is 0. The van der Waals surface area contributed by atoms with Crippen LogP contribution in [0.25, 0.3) is 0 Å². The minimum absolute atomic E-state index is 0.00806. The molecule has 1 saturated heterocycles. The van der Waals surface area contributed by atoms with E-state index in [-0.39, 0.29) is 6.04 Å². The number of benzene rings is 1. The molecule has 0 aliphatic carbocycles. The van der Waals surface area contributed by atoms with E-state index in [2.05, 4.69) is 4.90 Å². The Hall–Kier alpha value is -1.30. The second kappa shape index (κ2) is 7.47. The molecule has 112 valence electrons. The summed E-state index contributed by atoms with van der Waals surface area (Å²) in [6, 6.07) is 5.84. The van der Waals surface area contributed by atoms with Gasteiger partial charge in [0.15, 0.2) is 11.5 Å². The summed E-state index contributed by atoms with van der Waals surface area (Å²) < 4.78 is 16.5. The molecule has 1 atom stereocenters. The van der Waals surface area contributed by atoms with Crippen LogP contribution in [-0.2, 0) is 4.74 Å². The number of ether oxygens (including phenoxy) is 3. The Morgan fingerprint density at radius 1 is 1.30 bits per heavy atom. The summed E-state index contributed by atoms with van der Waals surface area (Å²) in [4.78, 5) is 2.34. The average molecular weight is 280 g/mol. The van der Waals surface area contributed by atoms with E-state index in [0.29, 0.717) is 6.61 Å². The molecule has 0 unspecified atom stereocenters. The normalized spacial score (nSPS) is 17.8. The molecule has 2 rings (SSSR count). The van der Waals surface area contributed by atoms with Gasteiger partial charge in [-0.1, -0.05) is 6.07 Å². The maximum Gasteiger partial charge on any atom is 0.161 e. The lowest BCUT2D eigenvalue weighted by Crippen LogP contribution is -2.38. The van der Waals surface area contributed by atoms with Gasteiger partial charge in [0.25, 0.3) is 0 Å². The second-order valence-electron chi connectivity index (χ2n) is 5.00. The predicted molar refractivity (Wildman–Crippen MR) is 78.4 cm³/mol. The van der Waals surface area contributed by atoms with Crippen molar-refractivity contribution in [2.24, 2.45) is 5.73 Å². The molecule has 0 radical (unpaired) electrons. The number of morpholine rings is 1. The molecular weight excluding hydrogens is 256 g/mol. The van der Waals surface area contributed by atoms with Crippen molar-refractivity contribution < 1.29 is 14.2 Å². The second-order valence-corrected chi connectivity index (χ2v) is 5.00. The van der Waals surface area contributed by atoms with E-state index >= 15 is 0 Å². The lowest BCUT2D eigenvalue weighted by Gasteiger charge is -2.26. The van der Waals surface area contributed by atoms with Crippen molar-refractivity contribution in [3.63, 3.8) is 0 Å². The summed E-state index contributed by atoms with van der Waals surface area (Å²) in [7, 11) is 1.65. The first-order valence-electron chi connectivity index (χ1n) is 7.07. The van der Waals surface area contributed by atoms with Gasteiger partial charge in [0.05, 0.1) is 20.3 Å². The molecule has 0 bridgehead atoms. The van der Waals surface area contributed by atoms with Crippen LogP contribution < -0.4 is 15.2 Å². The average Bonchev–Trinajstić information content (AvgIpc) is 2.48. The SMILES string of the molecule is COc1cc([C@@H](C)N)ccc1OCCN1CCOCC1. The summed E-state index contributed by atoms with van der Waals surface area (Å²) in [5, 5.41) is 0. The summed E-state index contributed by atoms with van der Waals surface area (Å²) in [6.45, 7) is 7.08. The van der Waals surface area contributed by atoms with Crippen molar-refractivity contribution in [1.82, 2.24) is 4.90 Å². The van der Waals surface area contributed by atoms with Gasteiger partial charge in [0, 0.05) is 25.7 Å². The van der Waals surface area contributed by atoms with Crippen molar-refractivity contribution in [2.45, 2.75) is 13.0 Å². The standard InChI is InChI=1S/C15H24N2O3/c1-12(16)13-3-4-14(15(11-13)18-2)20-10-7-17-5-8-19-9-6-17/h3-4,11-12H,5-10,16H2,1-2H3/t12-/m1/s1. The van der Waals surface area contributed by atoms with Gasteiger partial charge < -0.3 is 19.9 Å². The van der Waals surface area contributed by atoms with E-state index in [1.165, 1.54) is 0 Å². The van der Waals surface area contributed by atoms with E-state index < -0.39 is 0 Å². The largest absolute Gasteiger partial charge is 0.493 e. The first-order valence-corrected chi connectivity index (χ1v) is 7.07. The highest BCUT2D eigenvalue weighted by Gasteiger charge is 2.11. The highest BCUT2D eigenvalue weighted by atomic mass is 16.5. The Morgan fingerprint density at radius 2 is 2.05 bits per heavy atom. The number of nitrogens with zero attached hydrogens (tertiary/aromatic N) is 1. The number of methoxy groups -OCH3 is 1. The molecule has 1 heterocycles. The predicted octanol–water partition coefficient (Wildman–Crippen LogP) is 1.43. The van der Waals surface area contributed by atoms with Crippen LogP contribution in [0, 0.1) is 0 Å². The molecule has 1 aliphatic rings. The summed E-state index contributed by atoms with van der Waals surface area (Å²) in [5.74, 6) is 1.51. The smallest absolute Gasteiger partial charge is 0.161 e. The number of hydrogen-bond donors (Lipinski definition) is 1. The highest BCUT2D eigenvalue weighted by Crippen LogP contribution is 2.29. The van der Waals surface area contributed by atoms with Crippen LogP contribution in [0.1, 0.15) is 18.5 Å². The number of rotatable bonds is 6. The van der Waals surface area contributed by atoms with Crippen molar-refractivity contribution in [2.75, 3.05) is 46.6 Å². The van der Waals surface area contributed by atoms with Gasteiger partial charge in [0.1, 0.15) is 6.61 Å². The number of hydrogen-bond acceptors (Lipinski definition) is 5. The molecule has 5 heteroatoms. The molecule has 20 heavy (non-hydrogen) atoms. The Morgan fingerprint density at radius 3 is 2.70 bits per heavy atom. The molecule has 5 nitrogen and oxygen atoms in total. The van der Waals surface area contributed by atoms with Crippen LogP contribution in [-0.4, -0.2) is 51.5 Å². The maximum atomic E-state index is 5.87. The fourth-order valence-corrected chi connectivity index (χ4v) is 2.20. The van der Waals surface area contributed by atoms with Gasteiger partial charge in [-0.15, -0.1) is 0 Å². The highest BCUT2D eigenvalue weighted by molar-refractivity contribution is 5.43. The molecule has 1 aromatic rings. The maximum absolute atomic E-state index is 5.87. The lowest BCUT2D eigenvalue weighted by molar-refractivity contribution is 0.0321. The third-order valence-corrected chi connectivity index (χ3v) is 3.48. The Kier molecular flexibility index (Phi) is 5.64. The van der Waals surface area contributed by atoms with Gasteiger partial charge in [-0.25, -0.2) is 0 Å². The summed E-state index contributed by atoms with van der Waals surface area (Å²) in [5.41, 5.74) is 6.91. The van der Waals surface area contributed by atoms with Crippen molar-refractivity contribution in [1.29, 1.82) is 0 Å². The van der Waals surface area contributed by atoms with E-state index in [9.17, 15) is 0 Å². The van der Waals surface area contributed by atoms with Gasteiger partial charge in [-0.05, 0) is 24.6 Å². The fourth-order valence-electron chi connectivity index (χ4n) is 2.20. The van der Waals surface area contributed by atoms with E-state index in [4.69, 9.17) is 19.9 Å². The van der Waals surface area contributed by atoms with Crippen molar-refractivity contribution in [3.8, 4) is 11.5 Å². The molecule has 1 aromatic carbocycles. The quantitative estimate of drug-likeness (QED) is 0.854. The van der Waals surface area contributed by atoms with Crippen LogP contribution in [0.4, 0.5) is 0 Å². The van der Waals surface area contributed by atoms with Crippen LogP contribution in [0.2, 0.25) is 0 Å². The molecule has 1 fully saturated rings. The molecule has 2 N–H and O–H groups in total. The zero-order chi connectivity index (χ0) is 14.4. The Balaban J connectivity index is 1.88. The van der Waals surface area contributed by atoms with Gasteiger partial charge in [-0.3, -0.25) is 4.90 Å². The monoisotopic (exact) mass is 280 g/mol. The summed E-state index contributed by atoms with van der Waals surface area (Å²) in [6.07, 6.45) is 0. The van der Waals surface area contributed by atoms with E-state index in [1.54, 1.807) is 7.11 Å². The Labute approximate surface area is 120 Å². The zero-order valence-electron chi connectivity index (χ0n) is 12.3. The van der Waals surface area contributed by atoms with Crippen LogP contribution in [0.3, 0.4) is 0 Å². The van der Waals surface area contributed by atoms with E-state index in [1.807, 2.05) is 25.1 Å². The Bertz CT molecular complexity index is 418. The number of nitrogens with two attached hydrogens (primary N) is 1. The first kappa shape index (κ1) is 15.1. The van der Waals surface area contributed by atoms with Crippen LogP contribution >= 0.6 is 0 Å². The molecule has 0 amide bonds. The lowest BCUT2D eigenvalue weighted by atomic mass is 10.1. The minimum atomic E-state index is -0.00806. The third-order valence-electron chi connectivity index (χ3n) is 3.48. The fraction of sp³-hybridized carbons (Fsp3) is 0.600. The van der Waals surface area contributed by atoms with Crippen molar-refractivity contribution >= 4 is 0 Å². The van der Waals surface area contributed by atoms with Crippen LogP contribution in [0.5, 0.6) is 11.5 Å². The third kappa shape index (κ3) is 4.10. The van der Waals surface area contributed by atoms with Gasteiger partial charge >= 0.3 is 0 Å². The zero-order valence-corrected chi connectivity index (χ0v) is 12.3.